The van der Waals surface area contributed by atoms with E-state index in [1.165, 1.54) is 10.1 Å². The number of hydroxylamine groups is 4. The molecule has 0 aromatic carbocycles. The first kappa shape index (κ1) is 42.3. The van der Waals surface area contributed by atoms with Gasteiger partial charge in [0.1, 0.15) is 81.7 Å². The van der Waals surface area contributed by atoms with Crippen LogP contribution in [-0.4, -0.2) is 178 Å². The van der Waals surface area contributed by atoms with E-state index in [9.17, 15) is 25.1 Å². The van der Waals surface area contributed by atoms with Crippen LogP contribution in [-0.2, 0) is 19.1 Å². The van der Waals surface area contributed by atoms with Crippen molar-refractivity contribution in [2.75, 3.05) is 0 Å². The van der Waals surface area contributed by atoms with Crippen LogP contribution in [0.2, 0.25) is 36.5 Å². The van der Waals surface area contributed by atoms with Crippen LogP contribution in [0, 0.1) is 0 Å². The van der Waals surface area contributed by atoms with Crippen molar-refractivity contribution in [1.29, 1.82) is 0 Å². The maximum atomic E-state index is 14.2. The zero-order chi connectivity index (χ0) is 39.1. The molecule has 4 fully saturated rings. The van der Waals surface area contributed by atoms with E-state index >= 15 is 0 Å². The molecule has 4 heterocycles. The Bertz CT molecular complexity index is 1290. The third-order valence-corrected chi connectivity index (χ3v) is 17.1. The summed E-state index contributed by atoms with van der Waals surface area (Å²) in [5, 5.41) is 32.7. The van der Waals surface area contributed by atoms with E-state index in [1.807, 2.05) is 102 Å². The zero-order valence-corrected chi connectivity index (χ0v) is 35.3. The quantitative estimate of drug-likeness (QED) is 0.178. The molecule has 0 aliphatic carbocycles. The molecule has 0 saturated carbocycles. The van der Waals surface area contributed by atoms with Gasteiger partial charge in [0.2, 0.25) is 0 Å². The maximum absolute atomic E-state index is 14.2. The molecule has 4 rings (SSSR count). The van der Waals surface area contributed by atoms with Crippen LogP contribution in [0.1, 0.15) is 81.1 Å². The van der Waals surface area contributed by atoms with Crippen LogP contribution in [0.25, 0.3) is 0 Å². The third kappa shape index (κ3) is 5.38. The average Bonchev–Trinajstić information content (AvgIpc) is 2.93. The second-order valence-electron chi connectivity index (χ2n) is 22.4. The van der Waals surface area contributed by atoms with Gasteiger partial charge in [-0.05, 0) is 55.4 Å². The van der Waals surface area contributed by atoms with Crippen LogP contribution in [0.15, 0.2) is 0 Å². The molecule has 0 aromatic heterocycles. The Hall–Kier alpha value is -0.416. The Balaban J connectivity index is 1.55. The lowest BCUT2D eigenvalue weighted by Gasteiger charge is -2.85. The number of aliphatic hydroxyl groups is 1. The average molecular weight is 678 g/mol. The number of carbonyl (C=O) groups is 2. The summed E-state index contributed by atoms with van der Waals surface area (Å²) in [6.45, 7) is 15.7. The zero-order valence-electron chi connectivity index (χ0n) is 35.3. The predicted octanol–water partition coefficient (Wildman–Crippen LogP) is -7.74. The number of piperidine rings is 2. The molecular weight excluding hydrogens is 617 g/mol. The molecule has 0 amide bonds. The number of carbonyl (C=O) groups excluding carboxylic acids is 2. The van der Waals surface area contributed by atoms with E-state index in [4.69, 9.17) is 9.47 Å². The van der Waals surface area contributed by atoms with Gasteiger partial charge in [0, 0.05) is 63.8 Å². The predicted molar refractivity (Wildman–Crippen MR) is 234 cm³/mol. The van der Waals surface area contributed by atoms with Crippen molar-refractivity contribution in [3.05, 3.63) is 0 Å². The molecule has 0 aromatic rings. The smallest absolute Gasteiger partial charge is 0.295 e. The van der Waals surface area contributed by atoms with Gasteiger partial charge in [-0.2, -0.15) is 10.1 Å². The van der Waals surface area contributed by atoms with Gasteiger partial charge in [-0.1, -0.05) is 20.9 Å². The van der Waals surface area contributed by atoms with Gasteiger partial charge in [0.25, 0.3) is 11.9 Å². The van der Waals surface area contributed by atoms with Crippen LogP contribution < -0.4 is 0 Å². The molecule has 5 atom stereocenters. The summed E-state index contributed by atoms with van der Waals surface area (Å²) in [6, 6.07) is 0. The minimum absolute atomic E-state index is 0.226. The van der Waals surface area contributed by atoms with Crippen molar-refractivity contribution >= 4 is 113 Å². The molecule has 9 nitrogen and oxygen atoms in total. The van der Waals surface area contributed by atoms with Crippen molar-refractivity contribution < 1.29 is 34.6 Å². The summed E-state index contributed by atoms with van der Waals surface area (Å²) in [7, 11) is 24.1. The van der Waals surface area contributed by atoms with Gasteiger partial charge < -0.3 is 25.0 Å². The number of hydrogen-bond acceptors (Lipinski definition) is 9. The van der Waals surface area contributed by atoms with Crippen LogP contribution >= 0.6 is 0 Å². The number of ether oxygens (including phenoxy) is 2. The van der Waals surface area contributed by atoms with E-state index < -0.39 is 58.9 Å². The molecule has 0 bridgehead atoms. The SMILES string of the molecule is BC(B)(C(=O)OC1CC(C)(C)N(O)C(C)(C)C1)C1(B)BC(B)(C2(B)BC(B)(C(B)(B)C(=O)OC3CC(C)(C)N(O)C(C)(C)C3)C2(B)O)C1(B)B. The summed E-state index contributed by atoms with van der Waals surface area (Å²) < 4.78 is 12.6. The van der Waals surface area contributed by atoms with E-state index in [2.05, 4.69) is 39.2 Å². The van der Waals surface area contributed by atoms with Crippen LogP contribution in [0.3, 0.4) is 0 Å². The molecule has 4 aliphatic rings. The molecule has 0 radical (unpaired) electrons. The normalized spacial score (nSPS) is 39.8. The van der Waals surface area contributed by atoms with Crippen molar-refractivity contribution in [2.45, 2.75) is 157 Å². The summed E-state index contributed by atoms with van der Waals surface area (Å²) in [4.78, 5) is 28.3. The summed E-state index contributed by atoms with van der Waals surface area (Å²) >= 11 is 0. The minimum atomic E-state index is -1.23. The Kier molecular flexibility index (Phi) is 9.78. The lowest BCUT2D eigenvalue weighted by atomic mass is 8.83. The highest BCUT2D eigenvalue weighted by Crippen LogP contribution is 2.89. The van der Waals surface area contributed by atoms with Gasteiger partial charge in [-0.3, -0.25) is 9.59 Å². The number of esters is 2. The van der Waals surface area contributed by atoms with E-state index in [0.717, 1.165) is 0 Å². The van der Waals surface area contributed by atoms with Crippen molar-refractivity contribution in [1.82, 2.24) is 10.1 Å². The monoisotopic (exact) mass is 681 g/mol. The highest BCUT2D eigenvalue weighted by molar-refractivity contribution is 6.90. The van der Waals surface area contributed by atoms with Gasteiger partial charge in [-0.25, -0.2) is 0 Å². The van der Waals surface area contributed by atoms with E-state index in [0.29, 0.717) is 40.2 Å². The van der Waals surface area contributed by atoms with Crippen molar-refractivity contribution in [3.8, 4) is 0 Å². The molecule has 4 saturated heterocycles. The first-order chi connectivity index (χ1) is 21.9. The fourth-order valence-corrected chi connectivity index (χ4v) is 12.2. The maximum Gasteiger partial charge on any atom is 0.295 e. The third-order valence-electron chi connectivity index (χ3n) is 17.1. The van der Waals surface area contributed by atoms with Crippen LogP contribution in [0.4, 0.5) is 0 Å². The molecule has 3 N–H and O–H groups in total. The second kappa shape index (κ2) is 11.6. The Labute approximate surface area is 314 Å². The molecule has 22 heteroatoms. The summed E-state index contributed by atoms with van der Waals surface area (Å²) in [5.41, 5.74) is -3.40. The number of hydrogen-bond donors (Lipinski definition) is 3. The van der Waals surface area contributed by atoms with E-state index in [1.54, 1.807) is 0 Å². The van der Waals surface area contributed by atoms with Crippen molar-refractivity contribution in [2.24, 2.45) is 0 Å². The summed E-state index contributed by atoms with van der Waals surface area (Å²) in [6.07, 6.45) is 1.45. The minimum Gasteiger partial charge on any atom is -0.463 e. The molecular formula is C28H61B13N2O7. The largest absolute Gasteiger partial charge is 0.463 e. The molecule has 5 unspecified atom stereocenters. The lowest BCUT2D eigenvalue weighted by molar-refractivity contribution is -0.259. The van der Waals surface area contributed by atoms with Crippen molar-refractivity contribution in [3.63, 3.8) is 0 Å². The highest BCUT2D eigenvalue weighted by atomic mass is 16.6. The number of nitrogens with zero attached hydrogens (tertiary/aromatic N) is 2. The Morgan fingerprint density at radius 1 is 0.600 bits per heavy atom. The molecule has 0 spiro atoms. The molecule has 50 heavy (non-hydrogen) atoms. The fraction of sp³-hybridized carbons (Fsp3) is 0.929. The lowest BCUT2D eigenvalue weighted by Crippen LogP contribution is -2.83. The van der Waals surface area contributed by atoms with Gasteiger partial charge in [0.05, 0.1) is 31.4 Å². The molecule has 4 aliphatic heterocycles. The Morgan fingerprint density at radius 2 is 0.880 bits per heavy atom. The van der Waals surface area contributed by atoms with Crippen LogP contribution in [0.5, 0.6) is 0 Å². The Morgan fingerprint density at radius 3 is 1.16 bits per heavy atom. The standard InChI is InChI=1S/C28H61B13N2O7/c1-17(2)9-13(10-18(3,4)42(17)47)49-15(44)21(29,30)24(35)23(33,34)26(37,40-24)27(38)28(39,46)25(36,41-27)22(31,32)16(45)50-14-11-19(5,6)43(48)20(7,8)12-14/h13-14,40-41,46-48H,9-12,29-39H2,1-8H3. The topological polar surface area (TPSA) is 120 Å². The fourth-order valence-electron chi connectivity index (χ4n) is 12.2. The summed E-state index contributed by atoms with van der Waals surface area (Å²) in [5.74, 6) is -0.550. The van der Waals surface area contributed by atoms with E-state index in [-0.39, 0.29) is 29.4 Å². The van der Waals surface area contributed by atoms with Gasteiger partial charge in [0.15, 0.2) is 0 Å². The number of rotatable bonds is 7. The molecule has 264 valence electrons. The van der Waals surface area contributed by atoms with Gasteiger partial charge in [-0.15, -0.1) is 5.21 Å². The van der Waals surface area contributed by atoms with Gasteiger partial charge >= 0.3 is 0 Å². The second-order valence-corrected chi connectivity index (χ2v) is 22.4. The first-order valence-electron chi connectivity index (χ1n) is 19.0. The highest BCUT2D eigenvalue weighted by Gasteiger charge is 2.83. The first-order valence-corrected chi connectivity index (χ1v) is 19.0.